The van der Waals surface area contributed by atoms with E-state index in [9.17, 15) is 9.59 Å². The van der Waals surface area contributed by atoms with E-state index in [1.807, 2.05) is 25.1 Å². The van der Waals surface area contributed by atoms with Crippen LogP contribution in [0.25, 0.3) is 0 Å². The van der Waals surface area contributed by atoms with Gasteiger partial charge in [0.1, 0.15) is 0 Å². The number of nitrogens with zero attached hydrogens (tertiary/aromatic N) is 1. The van der Waals surface area contributed by atoms with Crippen molar-refractivity contribution < 1.29 is 9.59 Å². The van der Waals surface area contributed by atoms with Gasteiger partial charge in [0.05, 0.1) is 12.0 Å². The van der Waals surface area contributed by atoms with Gasteiger partial charge >= 0.3 is 0 Å². The zero-order valence-electron chi connectivity index (χ0n) is 14.8. The van der Waals surface area contributed by atoms with Crippen LogP contribution in [0.3, 0.4) is 0 Å². The predicted molar refractivity (Wildman–Crippen MR) is 95.7 cm³/mol. The van der Waals surface area contributed by atoms with Gasteiger partial charge in [0.25, 0.3) is 0 Å². The van der Waals surface area contributed by atoms with Crippen LogP contribution in [0.4, 0.5) is 0 Å². The second-order valence-corrected chi connectivity index (χ2v) is 7.79. The third kappa shape index (κ3) is 3.17. The summed E-state index contributed by atoms with van der Waals surface area (Å²) in [6.07, 6.45) is 5.22. The van der Waals surface area contributed by atoms with Crippen LogP contribution < -0.4 is 10.6 Å². The maximum absolute atomic E-state index is 12.9. The van der Waals surface area contributed by atoms with Crippen LogP contribution in [0, 0.1) is 5.92 Å². The lowest BCUT2D eigenvalue weighted by Gasteiger charge is -2.39. The van der Waals surface area contributed by atoms with E-state index in [-0.39, 0.29) is 35.9 Å². The summed E-state index contributed by atoms with van der Waals surface area (Å²) in [7, 11) is 0. The zero-order valence-corrected chi connectivity index (χ0v) is 14.8. The Hall–Kier alpha value is -1.88. The number of fused-ring (bicyclic) bond motifs is 2. The summed E-state index contributed by atoms with van der Waals surface area (Å²) in [4.78, 5) is 27.7. The molecule has 5 heteroatoms. The van der Waals surface area contributed by atoms with Crippen LogP contribution in [0.15, 0.2) is 30.3 Å². The molecule has 5 nitrogen and oxygen atoms in total. The number of carbonyl (C=O) groups is 2. The van der Waals surface area contributed by atoms with E-state index in [4.69, 9.17) is 0 Å². The van der Waals surface area contributed by atoms with Gasteiger partial charge in [-0.15, -0.1) is 0 Å². The van der Waals surface area contributed by atoms with E-state index in [2.05, 4.69) is 27.7 Å². The molecular formula is C20H27N3O2. The molecule has 25 heavy (non-hydrogen) atoms. The highest BCUT2D eigenvalue weighted by atomic mass is 16.2. The van der Waals surface area contributed by atoms with Crippen LogP contribution >= 0.6 is 0 Å². The molecule has 2 heterocycles. The lowest BCUT2D eigenvalue weighted by atomic mass is 9.93. The first-order valence-electron chi connectivity index (χ1n) is 9.54. The van der Waals surface area contributed by atoms with Crippen LogP contribution in [-0.2, 0) is 16.1 Å². The molecule has 0 radical (unpaired) electrons. The van der Waals surface area contributed by atoms with E-state index in [0.29, 0.717) is 12.5 Å². The molecule has 134 valence electrons. The Bertz CT molecular complexity index is 642. The number of amides is 2. The highest BCUT2D eigenvalue weighted by Crippen LogP contribution is 2.37. The number of piperazine rings is 1. The normalized spacial score (nSPS) is 32.6. The van der Waals surface area contributed by atoms with Crippen molar-refractivity contribution in [1.82, 2.24) is 15.5 Å². The minimum absolute atomic E-state index is 0.00529. The standard InChI is InChI=1S/C20H27N3O2/c1-13-18-16(19(24)22-15-9-5-6-10-15)11-17(20(25)21-13)23(18)12-14-7-3-2-4-8-14/h2-4,7-8,13,15-18H,5-6,9-12H2,1H3,(H,21,25)(H,22,24)/t13?,16-,17+,18+/m0/s1. The molecule has 3 fully saturated rings. The monoisotopic (exact) mass is 341 g/mol. The molecule has 4 rings (SSSR count). The summed E-state index contributed by atoms with van der Waals surface area (Å²) in [5, 5.41) is 6.32. The maximum atomic E-state index is 12.9. The Labute approximate surface area is 149 Å². The van der Waals surface area contributed by atoms with E-state index < -0.39 is 0 Å². The molecule has 1 unspecified atom stereocenters. The van der Waals surface area contributed by atoms with Crippen molar-refractivity contribution >= 4 is 11.8 Å². The second kappa shape index (κ2) is 6.79. The van der Waals surface area contributed by atoms with E-state index in [1.165, 1.54) is 18.4 Å². The first-order valence-corrected chi connectivity index (χ1v) is 9.54. The Kier molecular flexibility index (Phi) is 4.50. The number of carbonyl (C=O) groups excluding carboxylic acids is 2. The van der Waals surface area contributed by atoms with Crippen molar-refractivity contribution in [2.75, 3.05) is 0 Å². The molecule has 2 aliphatic heterocycles. The minimum atomic E-state index is -0.194. The fourth-order valence-corrected chi connectivity index (χ4v) is 4.90. The second-order valence-electron chi connectivity index (χ2n) is 7.79. The summed E-state index contributed by atoms with van der Waals surface area (Å²) in [5.41, 5.74) is 1.19. The van der Waals surface area contributed by atoms with E-state index in [0.717, 1.165) is 19.4 Å². The lowest BCUT2D eigenvalue weighted by Crippen LogP contribution is -2.61. The molecule has 1 aromatic carbocycles. The van der Waals surface area contributed by atoms with Gasteiger partial charge in [-0.25, -0.2) is 0 Å². The SMILES string of the molecule is CC1NC(=O)[C@H]2C[C@H](C(=O)NC3CCCC3)[C@@H]1N2Cc1ccccc1. The topological polar surface area (TPSA) is 61.4 Å². The summed E-state index contributed by atoms with van der Waals surface area (Å²) in [6.45, 7) is 2.75. The Morgan fingerprint density at radius 1 is 1.24 bits per heavy atom. The molecule has 1 aliphatic carbocycles. The summed E-state index contributed by atoms with van der Waals surface area (Å²) in [5.74, 6) is 0.0971. The fraction of sp³-hybridized carbons (Fsp3) is 0.600. The molecule has 1 aromatic rings. The molecule has 1 saturated carbocycles. The highest BCUT2D eigenvalue weighted by molar-refractivity contribution is 5.88. The largest absolute Gasteiger partial charge is 0.353 e. The number of hydrogen-bond donors (Lipinski definition) is 2. The molecule has 0 aromatic heterocycles. The van der Waals surface area contributed by atoms with Gasteiger partial charge in [0.15, 0.2) is 0 Å². The molecule has 2 N–H and O–H groups in total. The number of nitrogens with one attached hydrogen (secondary N) is 2. The van der Waals surface area contributed by atoms with Gasteiger partial charge in [-0.3, -0.25) is 14.5 Å². The van der Waals surface area contributed by atoms with Gasteiger partial charge in [-0.1, -0.05) is 43.2 Å². The Morgan fingerprint density at radius 3 is 2.68 bits per heavy atom. The maximum Gasteiger partial charge on any atom is 0.237 e. The molecule has 4 atom stereocenters. The first-order chi connectivity index (χ1) is 12.1. The van der Waals surface area contributed by atoms with Gasteiger partial charge in [-0.2, -0.15) is 0 Å². The minimum Gasteiger partial charge on any atom is -0.353 e. The average Bonchev–Trinajstić information content (AvgIpc) is 3.20. The first kappa shape index (κ1) is 16.6. The number of hydrogen-bond acceptors (Lipinski definition) is 3. The highest BCUT2D eigenvalue weighted by Gasteiger charge is 2.53. The van der Waals surface area contributed by atoms with Crippen molar-refractivity contribution in [1.29, 1.82) is 0 Å². The number of rotatable bonds is 4. The van der Waals surface area contributed by atoms with Gasteiger partial charge < -0.3 is 10.6 Å². The Morgan fingerprint density at radius 2 is 1.96 bits per heavy atom. The van der Waals surface area contributed by atoms with E-state index in [1.54, 1.807) is 0 Å². The third-order valence-corrected chi connectivity index (χ3v) is 6.10. The molecule has 2 amide bonds. The Balaban J connectivity index is 1.53. The van der Waals surface area contributed by atoms with Crippen molar-refractivity contribution in [3.05, 3.63) is 35.9 Å². The predicted octanol–water partition coefficient (Wildman–Crippen LogP) is 1.82. The van der Waals surface area contributed by atoms with Gasteiger partial charge in [0, 0.05) is 24.7 Å². The smallest absolute Gasteiger partial charge is 0.237 e. The quantitative estimate of drug-likeness (QED) is 0.878. The van der Waals surface area contributed by atoms with Crippen molar-refractivity contribution in [2.24, 2.45) is 5.92 Å². The van der Waals surface area contributed by atoms with Gasteiger partial charge in [0.2, 0.25) is 11.8 Å². The fourth-order valence-electron chi connectivity index (χ4n) is 4.90. The molecule has 0 spiro atoms. The molecule has 3 aliphatic rings. The lowest BCUT2D eigenvalue weighted by molar-refractivity contribution is -0.132. The van der Waals surface area contributed by atoms with Crippen LogP contribution in [0.5, 0.6) is 0 Å². The number of benzene rings is 1. The van der Waals surface area contributed by atoms with Crippen LogP contribution in [-0.4, -0.2) is 40.9 Å². The zero-order chi connectivity index (χ0) is 17.4. The van der Waals surface area contributed by atoms with Crippen LogP contribution in [0.1, 0.15) is 44.6 Å². The van der Waals surface area contributed by atoms with Crippen molar-refractivity contribution in [2.45, 2.75) is 69.7 Å². The molecule has 2 saturated heterocycles. The third-order valence-electron chi connectivity index (χ3n) is 6.10. The molecular weight excluding hydrogens is 314 g/mol. The van der Waals surface area contributed by atoms with Crippen molar-refractivity contribution in [3.63, 3.8) is 0 Å². The van der Waals surface area contributed by atoms with Gasteiger partial charge in [-0.05, 0) is 31.7 Å². The summed E-state index contributed by atoms with van der Waals surface area (Å²) < 4.78 is 0. The van der Waals surface area contributed by atoms with Crippen molar-refractivity contribution in [3.8, 4) is 0 Å². The van der Waals surface area contributed by atoms with Crippen LogP contribution in [0.2, 0.25) is 0 Å². The summed E-state index contributed by atoms with van der Waals surface area (Å²) in [6, 6.07) is 10.4. The van der Waals surface area contributed by atoms with E-state index >= 15 is 0 Å². The average molecular weight is 341 g/mol. The summed E-state index contributed by atoms with van der Waals surface area (Å²) >= 11 is 0. The molecule has 2 bridgehead atoms.